The number of nitrogens with zero attached hydrogens (tertiary/aromatic N) is 3. The van der Waals surface area contributed by atoms with Gasteiger partial charge in [-0.25, -0.2) is 4.98 Å². The van der Waals surface area contributed by atoms with Crippen molar-refractivity contribution in [2.75, 3.05) is 19.0 Å². The maximum Gasteiger partial charge on any atom is 0.282 e. The quantitative estimate of drug-likeness (QED) is 0.169. The molecule has 6 rings (SSSR count). The summed E-state index contributed by atoms with van der Waals surface area (Å²) >= 11 is 9.86. The van der Waals surface area contributed by atoms with E-state index in [4.69, 9.17) is 30.5 Å². The van der Waals surface area contributed by atoms with E-state index >= 15 is 0 Å². The lowest BCUT2D eigenvalue weighted by molar-refractivity contribution is -0.118. The number of methoxy groups -OCH3 is 1. The third-order valence-electron chi connectivity index (χ3n) is 6.72. The van der Waals surface area contributed by atoms with Crippen LogP contribution in [-0.4, -0.2) is 35.5 Å². The summed E-state index contributed by atoms with van der Waals surface area (Å²) < 4.78 is 19.5. The smallest absolute Gasteiger partial charge is 0.282 e. The number of furan rings is 1. The van der Waals surface area contributed by atoms with Crippen LogP contribution in [0.4, 0.5) is 5.69 Å². The summed E-state index contributed by atoms with van der Waals surface area (Å²) in [6.45, 7) is 1.65. The van der Waals surface area contributed by atoms with E-state index in [1.165, 1.54) is 13.3 Å². The molecule has 0 atom stereocenters. The molecular formula is C33H24BrClN4O5. The SMILES string of the molecule is COc1cc(Cl)cc(C=Nn2c(-c3cc4cc(Br)ccc4o3)nc3ccccc3c2=O)c1OCC(=O)Nc1ccc(C)cc1. The van der Waals surface area contributed by atoms with Gasteiger partial charge in [-0.1, -0.05) is 57.4 Å². The van der Waals surface area contributed by atoms with Crippen LogP contribution in [0.1, 0.15) is 11.1 Å². The largest absolute Gasteiger partial charge is 0.493 e. The van der Waals surface area contributed by atoms with Gasteiger partial charge in [0.15, 0.2) is 23.9 Å². The number of hydrogen-bond acceptors (Lipinski definition) is 7. The Labute approximate surface area is 264 Å². The molecule has 0 saturated heterocycles. The summed E-state index contributed by atoms with van der Waals surface area (Å²) in [5.41, 5.74) is 2.80. The van der Waals surface area contributed by atoms with Crippen LogP contribution >= 0.6 is 27.5 Å². The Hall–Kier alpha value is -4.93. The first kappa shape index (κ1) is 29.2. The molecule has 1 amide bonds. The minimum absolute atomic E-state index is 0.200. The Morgan fingerprint density at radius 1 is 1.09 bits per heavy atom. The van der Waals surface area contributed by atoms with Gasteiger partial charge in [-0.2, -0.15) is 9.78 Å². The number of para-hydroxylation sites is 1. The molecule has 220 valence electrons. The van der Waals surface area contributed by atoms with Crippen LogP contribution in [0, 0.1) is 6.92 Å². The van der Waals surface area contributed by atoms with Crippen molar-refractivity contribution in [2.24, 2.45) is 5.10 Å². The van der Waals surface area contributed by atoms with Crippen molar-refractivity contribution in [3.8, 4) is 23.1 Å². The van der Waals surface area contributed by atoms with E-state index in [0.29, 0.717) is 38.5 Å². The predicted octanol–water partition coefficient (Wildman–Crippen LogP) is 7.44. The molecule has 0 unspecified atom stereocenters. The molecular weight excluding hydrogens is 648 g/mol. The molecule has 0 fully saturated rings. The minimum Gasteiger partial charge on any atom is -0.493 e. The second kappa shape index (κ2) is 12.4. The van der Waals surface area contributed by atoms with Crippen molar-refractivity contribution in [1.82, 2.24) is 9.66 Å². The van der Waals surface area contributed by atoms with Gasteiger partial charge >= 0.3 is 0 Å². The normalized spacial score (nSPS) is 11.4. The summed E-state index contributed by atoms with van der Waals surface area (Å²) in [6, 6.07) is 25.0. The summed E-state index contributed by atoms with van der Waals surface area (Å²) in [7, 11) is 1.46. The lowest BCUT2D eigenvalue weighted by Crippen LogP contribution is -2.21. The summed E-state index contributed by atoms with van der Waals surface area (Å²) in [5.74, 6) is 0.686. The third-order valence-corrected chi connectivity index (χ3v) is 7.43. The van der Waals surface area contributed by atoms with Crippen molar-refractivity contribution in [2.45, 2.75) is 6.92 Å². The van der Waals surface area contributed by atoms with Crippen molar-refractivity contribution in [1.29, 1.82) is 0 Å². The lowest BCUT2D eigenvalue weighted by Gasteiger charge is -2.14. The highest BCUT2D eigenvalue weighted by molar-refractivity contribution is 9.10. The van der Waals surface area contributed by atoms with Gasteiger partial charge in [0.1, 0.15) is 5.58 Å². The van der Waals surface area contributed by atoms with Crippen LogP contribution in [0.25, 0.3) is 33.5 Å². The zero-order chi connectivity index (χ0) is 30.8. The lowest BCUT2D eigenvalue weighted by atomic mass is 10.2. The molecule has 2 aromatic heterocycles. The van der Waals surface area contributed by atoms with Gasteiger partial charge in [-0.3, -0.25) is 9.59 Å². The number of aromatic nitrogens is 2. The number of carbonyl (C=O) groups is 1. The van der Waals surface area contributed by atoms with Crippen LogP contribution in [0.15, 0.2) is 104 Å². The molecule has 0 saturated carbocycles. The van der Waals surface area contributed by atoms with E-state index in [0.717, 1.165) is 20.1 Å². The molecule has 0 spiro atoms. The highest BCUT2D eigenvalue weighted by Crippen LogP contribution is 2.34. The average molecular weight is 672 g/mol. The minimum atomic E-state index is -0.405. The van der Waals surface area contributed by atoms with E-state index in [1.807, 2.05) is 49.4 Å². The van der Waals surface area contributed by atoms with Gasteiger partial charge in [0.05, 0.1) is 24.2 Å². The maximum atomic E-state index is 13.7. The van der Waals surface area contributed by atoms with Crippen molar-refractivity contribution < 1.29 is 18.7 Å². The Kier molecular flexibility index (Phi) is 8.19. The second-order valence-electron chi connectivity index (χ2n) is 9.84. The molecule has 6 aromatic rings. The number of halogens is 2. The fraction of sp³-hybridized carbons (Fsp3) is 0.0909. The fourth-order valence-electron chi connectivity index (χ4n) is 4.60. The molecule has 0 aliphatic heterocycles. The Morgan fingerprint density at radius 3 is 2.68 bits per heavy atom. The van der Waals surface area contributed by atoms with Gasteiger partial charge in [-0.05, 0) is 61.5 Å². The molecule has 0 aliphatic carbocycles. The number of hydrogen-bond donors (Lipinski definition) is 1. The Balaban J connectivity index is 1.39. The first-order valence-electron chi connectivity index (χ1n) is 13.4. The number of ether oxygens (including phenoxy) is 2. The molecule has 4 aromatic carbocycles. The molecule has 44 heavy (non-hydrogen) atoms. The molecule has 11 heteroatoms. The van der Waals surface area contributed by atoms with E-state index in [9.17, 15) is 9.59 Å². The molecule has 2 heterocycles. The maximum absolute atomic E-state index is 13.7. The zero-order valence-electron chi connectivity index (χ0n) is 23.5. The summed E-state index contributed by atoms with van der Waals surface area (Å²) in [5, 5.41) is 8.86. The van der Waals surface area contributed by atoms with E-state index in [1.54, 1.807) is 42.5 Å². The van der Waals surface area contributed by atoms with Gasteiger partial charge in [-0.15, -0.1) is 0 Å². The molecule has 0 bridgehead atoms. The number of nitrogens with one attached hydrogen (secondary N) is 1. The number of rotatable bonds is 8. The first-order chi connectivity index (χ1) is 21.3. The fourth-order valence-corrected chi connectivity index (χ4v) is 5.19. The van der Waals surface area contributed by atoms with Crippen LogP contribution < -0.4 is 20.3 Å². The molecule has 9 nitrogen and oxygen atoms in total. The summed E-state index contributed by atoms with van der Waals surface area (Å²) in [6.07, 6.45) is 1.40. The van der Waals surface area contributed by atoms with Crippen LogP contribution in [0.3, 0.4) is 0 Å². The third kappa shape index (κ3) is 6.08. The molecule has 1 N–H and O–H groups in total. The standard InChI is InChI=1S/C33H24BrClN4O5/c1-19-7-10-24(11-8-19)37-30(40)18-43-31-21(14-23(35)16-28(31)42-2)17-36-39-32(38-26-6-4-3-5-25(26)33(39)41)29-15-20-13-22(34)9-12-27(20)44-29/h3-17H,18H2,1-2H3,(H,37,40). The number of aryl methyl sites for hydroxylation is 1. The van der Waals surface area contributed by atoms with Crippen LogP contribution in [-0.2, 0) is 4.79 Å². The van der Waals surface area contributed by atoms with Crippen LogP contribution in [0.5, 0.6) is 11.5 Å². The van der Waals surface area contributed by atoms with Crippen molar-refractivity contribution >= 4 is 67.2 Å². The van der Waals surface area contributed by atoms with Crippen LogP contribution in [0.2, 0.25) is 5.02 Å². The van der Waals surface area contributed by atoms with E-state index < -0.39 is 5.56 Å². The second-order valence-corrected chi connectivity index (χ2v) is 11.2. The van der Waals surface area contributed by atoms with E-state index in [-0.39, 0.29) is 29.8 Å². The number of anilines is 1. The predicted molar refractivity (Wildman–Crippen MR) is 175 cm³/mol. The van der Waals surface area contributed by atoms with Gasteiger partial charge in [0.25, 0.3) is 11.5 Å². The Bertz CT molecular complexity index is 2120. The van der Waals surface area contributed by atoms with Gasteiger partial charge in [0, 0.05) is 32.2 Å². The average Bonchev–Trinajstić information content (AvgIpc) is 3.44. The molecule has 0 radical (unpaired) electrons. The van der Waals surface area contributed by atoms with Crippen molar-refractivity contribution in [3.63, 3.8) is 0 Å². The topological polar surface area (TPSA) is 108 Å². The van der Waals surface area contributed by atoms with Gasteiger partial charge in [0.2, 0.25) is 5.82 Å². The zero-order valence-corrected chi connectivity index (χ0v) is 25.8. The molecule has 0 aliphatic rings. The van der Waals surface area contributed by atoms with Gasteiger partial charge < -0.3 is 19.2 Å². The highest BCUT2D eigenvalue weighted by atomic mass is 79.9. The van der Waals surface area contributed by atoms with Crippen molar-refractivity contribution in [3.05, 3.63) is 116 Å². The van der Waals surface area contributed by atoms with E-state index in [2.05, 4.69) is 26.3 Å². The number of carbonyl (C=O) groups excluding carboxylic acids is 1. The monoisotopic (exact) mass is 670 g/mol. The first-order valence-corrected chi connectivity index (χ1v) is 14.6. The number of fused-ring (bicyclic) bond motifs is 2. The number of amides is 1. The Morgan fingerprint density at radius 2 is 1.89 bits per heavy atom. The highest BCUT2D eigenvalue weighted by Gasteiger charge is 2.18. The summed E-state index contributed by atoms with van der Waals surface area (Å²) in [4.78, 5) is 31.1. The number of benzene rings is 4.